The number of fused-ring (bicyclic) bond motifs is 14. The van der Waals surface area contributed by atoms with Crippen LogP contribution in [0, 0.1) is 5.41 Å². The third-order valence-corrected chi connectivity index (χ3v) is 18.7. The maximum Gasteiger partial charge on any atom is 0.169 e. The van der Waals surface area contributed by atoms with Crippen molar-refractivity contribution in [3.63, 3.8) is 0 Å². The fraction of sp³-hybridized carbons (Fsp3) is 0.323. The quantitative estimate of drug-likeness (QED) is 0.152. The maximum atomic E-state index is 14.7. The summed E-state index contributed by atoms with van der Waals surface area (Å²) in [5, 5.41) is 10.3. The highest BCUT2D eigenvalue weighted by Gasteiger charge is 2.57. The van der Waals surface area contributed by atoms with Crippen LogP contribution in [0.3, 0.4) is 0 Å². The molecular weight excluding hydrogens is 803 g/mol. The number of benzene rings is 6. The minimum Gasteiger partial charge on any atom is -0.308 e. The van der Waals surface area contributed by atoms with E-state index in [-0.39, 0.29) is 32.5 Å². The Morgan fingerprint density at radius 2 is 0.924 bits per heavy atom. The van der Waals surface area contributed by atoms with E-state index >= 15 is 0 Å². The molecular formula is C62H55N3O. The number of aromatic nitrogens is 3. The maximum absolute atomic E-state index is 14.7. The molecule has 324 valence electrons. The molecule has 6 aromatic carbocycles. The van der Waals surface area contributed by atoms with E-state index in [1.807, 2.05) is 0 Å². The summed E-state index contributed by atoms with van der Waals surface area (Å²) < 4.78 is 5.11. The first kappa shape index (κ1) is 37.9. The molecule has 0 atom stereocenters. The monoisotopic (exact) mass is 857 g/mol. The molecule has 17 rings (SSSR count). The van der Waals surface area contributed by atoms with Crippen LogP contribution in [0.4, 0.5) is 0 Å². The Hall–Kier alpha value is -6.26. The van der Waals surface area contributed by atoms with E-state index in [1.165, 1.54) is 121 Å². The summed E-state index contributed by atoms with van der Waals surface area (Å²) in [6, 6.07) is 38.1. The van der Waals surface area contributed by atoms with Crippen molar-refractivity contribution in [3.8, 4) is 0 Å². The molecule has 6 aliphatic carbocycles. The lowest BCUT2D eigenvalue weighted by Crippen LogP contribution is -2.48. The van der Waals surface area contributed by atoms with Gasteiger partial charge in [0.2, 0.25) is 0 Å². The van der Waals surface area contributed by atoms with Crippen molar-refractivity contribution in [1.82, 2.24) is 13.8 Å². The van der Waals surface area contributed by atoms with Crippen LogP contribution >= 0.6 is 0 Å². The van der Waals surface area contributed by atoms with Gasteiger partial charge in [-0.15, -0.1) is 0 Å². The Labute approximate surface area is 385 Å². The predicted molar refractivity (Wildman–Crippen MR) is 273 cm³/mol. The zero-order chi connectivity index (χ0) is 45.1. The molecule has 4 nitrogen and oxygen atoms in total. The highest BCUT2D eigenvalue weighted by atomic mass is 16.1. The van der Waals surface area contributed by atoms with Crippen molar-refractivity contribution in [2.24, 2.45) is 5.41 Å². The molecule has 0 radical (unpaired) electrons. The second kappa shape index (κ2) is 11.1. The Morgan fingerprint density at radius 1 is 0.485 bits per heavy atom. The molecule has 4 bridgehead atoms. The minimum absolute atomic E-state index is 0.00613. The van der Waals surface area contributed by atoms with Crippen LogP contribution in [-0.2, 0) is 27.1 Å². The van der Waals surface area contributed by atoms with E-state index in [0.29, 0.717) is 5.78 Å². The van der Waals surface area contributed by atoms with E-state index in [0.717, 1.165) is 36.8 Å². The van der Waals surface area contributed by atoms with Crippen molar-refractivity contribution in [3.05, 3.63) is 159 Å². The molecule has 6 aliphatic rings. The number of rotatable bonds is 0. The third-order valence-electron chi connectivity index (χ3n) is 18.7. The second-order valence-electron chi connectivity index (χ2n) is 24.3. The van der Waals surface area contributed by atoms with Crippen molar-refractivity contribution < 1.29 is 4.79 Å². The average Bonchev–Trinajstić information content (AvgIpc) is 3.99. The van der Waals surface area contributed by atoms with Crippen LogP contribution in [0.2, 0.25) is 0 Å². The van der Waals surface area contributed by atoms with Crippen molar-refractivity contribution in [2.75, 3.05) is 0 Å². The number of pyridine rings is 1. The minimum atomic E-state index is -0.388. The number of carbonyl (C=O) groups excluding carboxylic acids is 1. The fourth-order valence-corrected chi connectivity index (χ4v) is 14.7. The number of ketones is 1. The standard InChI is InChI=1S/C62H55N3O/c1-57(2,3)32-23-37-34-27-46-40(56(66)60(8)21-19-59(46,7)20-22-60)30-49(34)64-47-28-36-39-25-33(58(4,5)6)26-41-51-50(65(54(39)41)48(36)29-35(47)38(24-32)53(37)64)31-63-55-52(51)61(9)42-15-11-13-17-44(42)62(55,10)45-18-14-12-16-43(45)61/h11-18,23-31H,19-22H2,1-10H3. The van der Waals surface area contributed by atoms with Crippen LogP contribution in [0.15, 0.2) is 103 Å². The van der Waals surface area contributed by atoms with Gasteiger partial charge in [-0.05, 0) is 149 Å². The van der Waals surface area contributed by atoms with Gasteiger partial charge < -0.3 is 8.80 Å². The SMILES string of the molecule is CC12CCC(C)(CC1)c1cc3c4cc(C(C)(C)C)cc5c6cc7c(cc6n(c3cc1C2=O)c45)c1cc(C(C)(C)C)cc2c3c4c(ncc3n7c12)C1(C)c2ccccc2C4(C)c2ccccc21. The molecule has 0 unspecified atom stereocenters. The van der Waals surface area contributed by atoms with E-state index in [1.54, 1.807) is 0 Å². The zero-order valence-corrected chi connectivity index (χ0v) is 39.9. The molecule has 11 aromatic rings. The normalized spacial score (nSPS) is 24.8. The van der Waals surface area contributed by atoms with Crippen molar-refractivity contribution in [2.45, 2.75) is 122 Å². The predicted octanol–water partition coefficient (Wildman–Crippen LogP) is 15.3. The molecule has 0 N–H and O–H groups in total. The number of Topliss-reactive ketones (excluding diaryl/α,β-unsaturated/α-hetero) is 1. The first-order chi connectivity index (χ1) is 31.4. The smallest absolute Gasteiger partial charge is 0.169 e. The Morgan fingerprint density at radius 3 is 1.45 bits per heavy atom. The number of hydrogen-bond acceptors (Lipinski definition) is 2. The van der Waals surface area contributed by atoms with Crippen LogP contribution in [0.25, 0.3) is 76.2 Å². The van der Waals surface area contributed by atoms with Crippen LogP contribution in [0.5, 0.6) is 0 Å². The van der Waals surface area contributed by atoms with E-state index in [2.05, 4.69) is 181 Å². The summed E-state index contributed by atoms with van der Waals surface area (Å²) >= 11 is 0. The van der Waals surface area contributed by atoms with Crippen molar-refractivity contribution >= 4 is 82.0 Å². The average molecular weight is 858 g/mol. The summed E-state index contributed by atoms with van der Waals surface area (Å²) in [4.78, 5) is 20.3. The van der Waals surface area contributed by atoms with Gasteiger partial charge in [-0.25, -0.2) is 0 Å². The van der Waals surface area contributed by atoms with E-state index < -0.39 is 0 Å². The molecule has 0 aliphatic heterocycles. The summed E-state index contributed by atoms with van der Waals surface area (Å²) in [6.07, 6.45) is 6.27. The summed E-state index contributed by atoms with van der Waals surface area (Å²) in [7, 11) is 0. The summed E-state index contributed by atoms with van der Waals surface area (Å²) in [5.74, 6) is 0.341. The summed E-state index contributed by atoms with van der Waals surface area (Å²) in [5.41, 5.74) is 19.1. The van der Waals surface area contributed by atoms with Gasteiger partial charge in [0, 0.05) is 59.5 Å². The lowest BCUT2D eigenvalue weighted by atomic mass is 9.49. The Bertz CT molecular complexity index is 4040. The van der Waals surface area contributed by atoms with Gasteiger partial charge >= 0.3 is 0 Å². The highest BCUT2D eigenvalue weighted by molar-refractivity contribution is 6.30. The lowest BCUT2D eigenvalue weighted by molar-refractivity contribution is 0.0732. The fourth-order valence-electron chi connectivity index (χ4n) is 14.7. The Balaban J connectivity index is 1.12. The van der Waals surface area contributed by atoms with Crippen LogP contribution < -0.4 is 0 Å². The van der Waals surface area contributed by atoms with Gasteiger partial charge in [-0.2, -0.15) is 0 Å². The zero-order valence-electron chi connectivity index (χ0n) is 39.9. The molecule has 0 spiro atoms. The summed E-state index contributed by atoms with van der Waals surface area (Å²) in [6.45, 7) is 23.6. The number of hydrogen-bond donors (Lipinski definition) is 0. The van der Waals surface area contributed by atoms with Crippen LogP contribution in [0.1, 0.15) is 155 Å². The molecule has 0 saturated heterocycles. The number of nitrogens with zero attached hydrogens (tertiary/aromatic N) is 3. The van der Waals surface area contributed by atoms with Crippen LogP contribution in [-0.4, -0.2) is 19.6 Å². The van der Waals surface area contributed by atoms with E-state index in [9.17, 15) is 4.79 Å². The molecule has 5 aromatic heterocycles. The van der Waals surface area contributed by atoms with E-state index in [4.69, 9.17) is 4.98 Å². The van der Waals surface area contributed by atoms with Gasteiger partial charge in [-0.3, -0.25) is 9.78 Å². The molecule has 1 fully saturated rings. The third kappa shape index (κ3) is 4.03. The largest absolute Gasteiger partial charge is 0.308 e. The first-order valence-electron chi connectivity index (χ1n) is 24.5. The molecule has 0 amide bonds. The van der Waals surface area contributed by atoms with Gasteiger partial charge in [0.1, 0.15) is 0 Å². The van der Waals surface area contributed by atoms with Crippen molar-refractivity contribution in [1.29, 1.82) is 0 Å². The van der Waals surface area contributed by atoms with Gasteiger partial charge in [0.25, 0.3) is 0 Å². The molecule has 66 heavy (non-hydrogen) atoms. The van der Waals surface area contributed by atoms with Gasteiger partial charge in [0.15, 0.2) is 5.78 Å². The molecule has 4 heteroatoms. The highest BCUT2D eigenvalue weighted by Crippen LogP contribution is 2.63. The lowest BCUT2D eigenvalue weighted by Gasteiger charge is -2.53. The molecule has 1 saturated carbocycles. The van der Waals surface area contributed by atoms with Gasteiger partial charge in [-0.1, -0.05) is 104 Å². The molecule has 5 heterocycles. The second-order valence-corrected chi connectivity index (χ2v) is 24.3. The Kier molecular flexibility index (Phi) is 6.38. The topological polar surface area (TPSA) is 38.8 Å². The first-order valence-corrected chi connectivity index (χ1v) is 24.5. The number of carbonyl (C=O) groups is 1. The van der Waals surface area contributed by atoms with Gasteiger partial charge in [0.05, 0.1) is 50.4 Å².